The third-order valence-corrected chi connectivity index (χ3v) is 6.12. The molecular formula is C22H28N10O2. The van der Waals surface area contributed by atoms with Crippen molar-refractivity contribution in [1.29, 1.82) is 0 Å². The molecule has 3 aromatic rings. The Balaban J connectivity index is 1.33. The average molecular weight is 465 g/mol. The van der Waals surface area contributed by atoms with Crippen LogP contribution in [0.1, 0.15) is 32.1 Å². The van der Waals surface area contributed by atoms with Crippen molar-refractivity contribution < 1.29 is 9.59 Å². The van der Waals surface area contributed by atoms with Gasteiger partial charge in [-0.05, 0) is 19.3 Å². The lowest BCUT2D eigenvalue weighted by Gasteiger charge is -2.16. The second kappa shape index (κ2) is 9.98. The standard InChI is InChI=1S/C22H28N10O2/c33-17-4-1-9-30(17)11-3-6-25-20-19-21(29-22(28-20)27-16-14-23-7-8-24-16)32(15-26-19)13-12-31-10-2-5-18(31)34/h7-8,14-15H,1-6,9-13H2,(H2,24,25,27,28,29). The van der Waals surface area contributed by atoms with Gasteiger partial charge in [0.05, 0.1) is 12.5 Å². The highest BCUT2D eigenvalue weighted by molar-refractivity contribution is 5.84. The van der Waals surface area contributed by atoms with Crippen molar-refractivity contribution in [2.75, 3.05) is 43.4 Å². The van der Waals surface area contributed by atoms with E-state index in [-0.39, 0.29) is 11.8 Å². The summed E-state index contributed by atoms with van der Waals surface area (Å²) in [5, 5.41) is 6.47. The summed E-state index contributed by atoms with van der Waals surface area (Å²) in [5.74, 6) is 1.96. The molecule has 0 radical (unpaired) electrons. The number of likely N-dealkylation sites (tertiary alicyclic amines) is 2. The normalized spacial score (nSPS) is 16.1. The van der Waals surface area contributed by atoms with Crippen LogP contribution in [0.25, 0.3) is 11.2 Å². The van der Waals surface area contributed by atoms with Crippen molar-refractivity contribution in [1.82, 2.24) is 39.3 Å². The third-order valence-electron chi connectivity index (χ3n) is 6.12. The Morgan fingerprint density at radius 1 is 0.912 bits per heavy atom. The first-order chi connectivity index (χ1) is 16.7. The fourth-order valence-electron chi connectivity index (χ4n) is 4.35. The lowest BCUT2D eigenvalue weighted by Crippen LogP contribution is -2.28. The number of hydrogen-bond acceptors (Lipinski definition) is 9. The van der Waals surface area contributed by atoms with Crippen molar-refractivity contribution in [3.63, 3.8) is 0 Å². The summed E-state index contributed by atoms with van der Waals surface area (Å²) in [6.45, 7) is 4.23. The smallest absolute Gasteiger partial charge is 0.232 e. The molecule has 178 valence electrons. The Bertz CT molecular complexity index is 1170. The third kappa shape index (κ3) is 4.90. The summed E-state index contributed by atoms with van der Waals surface area (Å²) < 4.78 is 1.94. The second-order valence-corrected chi connectivity index (χ2v) is 8.47. The minimum Gasteiger partial charge on any atom is -0.368 e. The second-order valence-electron chi connectivity index (χ2n) is 8.47. The number of amides is 2. The van der Waals surface area contributed by atoms with E-state index in [1.807, 2.05) is 14.4 Å². The zero-order valence-electron chi connectivity index (χ0n) is 19.0. The van der Waals surface area contributed by atoms with E-state index in [0.717, 1.165) is 38.9 Å². The Labute approximate surface area is 196 Å². The average Bonchev–Trinajstić information content (AvgIpc) is 3.56. The molecule has 3 aromatic heterocycles. The van der Waals surface area contributed by atoms with E-state index in [9.17, 15) is 9.59 Å². The Morgan fingerprint density at radius 2 is 1.71 bits per heavy atom. The molecule has 0 aromatic carbocycles. The van der Waals surface area contributed by atoms with Crippen molar-refractivity contribution in [3.8, 4) is 0 Å². The molecule has 0 bridgehead atoms. The molecule has 0 unspecified atom stereocenters. The van der Waals surface area contributed by atoms with Crippen LogP contribution < -0.4 is 10.6 Å². The van der Waals surface area contributed by atoms with Gasteiger partial charge in [-0.15, -0.1) is 0 Å². The largest absolute Gasteiger partial charge is 0.368 e. The van der Waals surface area contributed by atoms with Crippen molar-refractivity contribution in [2.24, 2.45) is 0 Å². The van der Waals surface area contributed by atoms with E-state index >= 15 is 0 Å². The van der Waals surface area contributed by atoms with E-state index in [1.54, 1.807) is 24.9 Å². The zero-order chi connectivity index (χ0) is 23.3. The molecular weight excluding hydrogens is 436 g/mol. The number of carbonyl (C=O) groups excluding carboxylic acids is 2. The molecule has 5 rings (SSSR count). The highest BCUT2D eigenvalue weighted by Crippen LogP contribution is 2.23. The van der Waals surface area contributed by atoms with Crippen LogP contribution in [0, 0.1) is 0 Å². The van der Waals surface area contributed by atoms with Gasteiger partial charge >= 0.3 is 0 Å². The summed E-state index contributed by atoms with van der Waals surface area (Å²) in [6.07, 6.45) is 10.5. The fourth-order valence-corrected chi connectivity index (χ4v) is 4.35. The van der Waals surface area contributed by atoms with Gasteiger partial charge in [0.1, 0.15) is 0 Å². The molecule has 0 atom stereocenters. The highest BCUT2D eigenvalue weighted by atomic mass is 16.2. The molecule has 2 saturated heterocycles. The maximum absolute atomic E-state index is 12.0. The number of fused-ring (bicyclic) bond motifs is 1. The van der Waals surface area contributed by atoms with Crippen LogP contribution in [0.15, 0.2) is 24.9 Å². The molecule has 5 heterocycles. The van der Waals surface area contributed by atoms with Gasteiger partial charge in [0.15, 0.2) is 22.8 Å². The highest BCUT2D eigenvalue weighted by Gasteiger charge is 2.21. The van der Waals surface area contributed by atoms with Crippen LogP contribution in [0.5, 0.6) is 0 Å². The first kappa shape index (κ1) is 22.0. The Kier molecular flexibility index (Phi) is 6.45. The predicted molar refractivity (Wildman–Crippen MR) is 125 cm³/mol. The summed E-state index contributed by atoms with van der Waals surface area (Å²) in [5.41, 5.74) is 1.33. The van der Waals surface area contributed by atoms with Crippen molar-refractivity contribution in [3.05, 3.63) is 24.9 Å². The van der Waals surface area contributed by atoms with E-state index in [4.69, 9.17) is 0 Å². The van der Waals surface area contributed by atoms with Gasteiger partial charge in [0.25, 0.3) is 0 Å². The molecule has 34 heavy (non-hydrogen) atoms. The maximum Gasteiger partial charge on any atom is 0.232 e. The molecule has 0 spiro atoms. The zero-order valence-corrected chi connectivity index (χ0v) is 19.0. The van der Waals surface area contributed by atoms with Crippen LogP contribution in [-0.2, 0) is 16.1 Å². The van der Waals surface area contributed by atoms with Gasteiger partial charge in [0.2, 0.25) is 17.8 Å². The molecule has 0 aliphatic carbocycles. The number of rotatable bonds is 10. The monoisotopic (exact) mass is 464 g/mol. The molecule has 2 N–H and O–H groups in total. The van der Waals surface area contributed by atoms with Crippen LogP contribution in [0.2, 0.25) is 0 Å². The van der Waals surface area contributed by atoms with E-state index in [1.165, 1.54) is 0 Å². The number of anilines is 3. The minimum atomic E-state index is 0.197. The van der Waals surface area contributed by atoms with E-state index < -0.39 is 0 Å². The lowest BCUT2D eigenvalue weighted by molar-refractivity contribution is -0.128. The van der Waals surface area contributed by atoms with Gasteiger partial charge < -0.3 is 25.0 Å². The molecule has 12 heteroatoms. The maximum atomic E-state index is 12.0. The molecule has 2 amide bonds. The summed E-state index contributed by atoms with van der Waals surface area (Å²) in [4.78, 5) is 49.8. The number of hydrogen-bond donors (Lipinski definition) is 2. The van der Waals surface area contributed by atoms with E-state index in [0.29, 0.717) is 61.2 Å². The predicted octanol–water partition coefficient (Wildman–Crippen LogP) is 1.41. The number of aromatic nitrogens is 6. The molecule has 2 fully saturated rings. The van der Waals surface area contributed by atoms with Gasteiger partial charge in [-0.1, -0.05) is 0 Å². The first-order valence-electron chi connectivity index (χ1n) is 11.7. The summed E-state index contributed by atoms with van der Waals surface area (Å²) in [6, 6.07) is 0. The number of nitrogens with one attached hydrogen (secondary N) is 2. The Hall–Kier alpha value is -3.83. The van der Waals surface area contributed by atoms with Gasteiger partial charge in [0, 0.05) is 64.5 Å². The Morgan fingerprint density at radius 3 is 2.41 bits per heavy atom. The summed E-state index contributed by atoms with van der Waals surface area (Å²) in [7, 11) is 0. The quantitative estimate of drug-likeness (QED) is 0.427. The van der Waals surface area contributed by atoms with Gasteiger partial charge in [-0.25, -0.2) is 9.97 Å². The topological polar surface area (TPSA) is 134 Å². The molecule has 0 saturated carbocycles. The van der Waals surface area contributed by atoms with Crippen LogP contribution in [0.3, 0.4) is 0 Å². The number of imidazole rings is 1. The molecule has 2 aliphatic rings. The number of carbonyl (C=O) groups is 2. The van der Waals surface area contributed by atoms with Gasteiger partial charge in [-0.2, -0.15) is 9.97 Å². The molecule has 12 nitrogen and oxygen atoms in total. The minimum absolute atomic E-state index is 0.197. The fraction of sp³-hybridized carbons (Fsp3) is 0.500. The van der Waals surface area contributed by atoms with Crippen LogP contribution in [0.4, 0.5) is 17.6 Å². The number of nitrogens with zero attached hydrogens (tertiary/aromatic N) is 8. The van der Waals surface area contributed by atoms with Crippen molar-refractivity contribution >= 4 is 40.6 Å². The SMILES string of the molecule is O=C1CCCN1CCCNc1nc(Nc2cnccn2)nc2c1ncn2CCN1CCCC1=O. The van der Waals surface area contributed by atoms with Crippen LogP contribution >= 0.6 is 0 Å². The van der Waals surface area contributed by atoms with Crippen molar-refractivity contribution in [2.45, 2.75) is 38.6 Å². The first-order valence-corrected chi connectivity index (χ1v) is 11.7. The molecule has 2 aliphatic heterocycles. The van der Waals surface area contributed by atoms with Gasteiger partial charge in [-0.3, -0.25) is 14.6 Å². The van der Waals surface area contributed by atoms with Crippen LogP contribution in [-0.4, -0.2) is 83.8 Å². The lowest BCUT2D eigenvalue weighted by atomic mass is 10.3. The summed E-state index contributed by atoms with van der Waals surface area (Å²) >= 11 is 0. The van der Waals surface area contributed by atoms with E-state index in [2.05, 4.69) is 35.6 Å².